The van der Waals surface area contributed by atoms with E-state index in [9.17, 15) is 4.79 Å². The fourth-order valence-corrected chi connectivity index (χ4v) is 2.77. The number of hydrogen-bond donors (Lipinski definition) is 3. The average molecular weight is 362 g/mol. The highest BCUT2D eigenvalue weighted by molar-refractivity contribution is 5.94. The molecule has 0 aromatic heterocycles. The molecule has 1 heterocycles. The predicted octanol–water partition coefficient (Wildman–Crippen LogP) is 1.55. The lowest BCUT2D eigenvalue weighted by atomic mass is 10.0. The van der Waals surface area contributed by atoms with Crippen LogP contribution in [0.2, 0.25) is 0 Å². The summed E-state index contributed by atoms with van der Waals surface area (Å²) >= 11 is 0. The molecule has 1 fully saturated rings. The van der Waals surface area contributed by atoms with Crippen LogP contribution < -0.4 is 20.7 Å². The number of ether oxygens (including phenoxy) is 2. The quantitative estimate of drug-likeness (QED) is 0.371. The monoisotopic (exact) mass is 362 g/mol. The summed E-state index contributed by atoms with van der Waals surface area (Å²) in [5.74, 6) is 1.28. The SMILES string of the molecule is CCNC(=NCC1(C)CCCO1)NCCNC(=O)c1cccc(OC)c1. The second kappa shape index (κ2) is 10.0. The molecule has 1 unspecified atom stereocenters. The van der Waals surface area contributed by atoms with Gasteiger partial charge in [0.2, 0.25) is 0 Å². The van der Waals surface area contributed by atoms with Crippen LogP contribution in [0.3, 0.4) is 0 Å². The molecule has 0 bridgehead atoms. The van der Waals surface area contributed by atoms with E-state index in [0.717, 1.165) is 32.0 Å². The zero-order valence-electron chi connectivity index (χ0n) is 15.9. The van der Waals surface area contributed by atoms with Crippen LogP contribution in [0.5, 0.6) is 5.75 Å². The highest BCUT2D eigenvalue weighted by Crippen LogP contribution is 2.24. The summed E-state index contributed by atoms with van der Waals surface area (Å²) in [6.07, 6.45) is 2.12. The number of nitrogens with one attached hydrogen (secondary N) is 3. The molecule has 1 atom stereocenters. The van der Waals surface area contributed by atoms with Crippen LogP contribution in [0.4, 0.5) is 0 Å². The molecular formula is C19H30N4O3. The third-order valence-corrected chi connectivity index (χ3v) is 4.25. The van der Waals surface area contributed by atoms with Crippen LogP contribution in [0, 0.1) is 0 Å². The highest BCUT2D eigenvalue weighted by atomic mass is 16.5. The summed E-state index contributed by atoms with van der Waals surface area (Å²) < 4.78 is 10.9. The molecule has 1 aromatic carbocycles. The van der Waals surface area contributed by atoms with Crippen molar-refractivity contribution in [3.63, 3.8) is 0 Å². The molecule has 1 saturated heterocycles. The zero-order chi connectivity index (χ0) is 18.8. The van der Waals surface area contributed by atoms with Crippen LogP contribution >= 0.6 is 0 Å². The zero-order valence-corrected chi connectivity index (χ0v) is 15.9. The Bertz CT molecular complexity index is 613. The van der Waals surface area contributed by atoms with E-state index >= 15 is 0 Å². The smallest absolute Gasteiger partial charge is 0.251 e. The van der Waals surface area contributed by atoms with Crippen LogP contribution in [-0.4, -0.2) is 57.4 Å². The molecule has 144 valence electrons. The summed E-state index contributed by atoms with van der Waals surface area (Å²) in [5.41, 5.74) is 0.416. The molecule has 26 heavy (non-hydrogen) atoms. The first-order chi connectivity index (χ1) is 12.6. The van der Waals surface area contributed by atoms with E-state index in [4.69, 9.17) is 9.47 Å². The van der Waals surface area contributed by atoms with Gasteiger partial charge in [-0.25, -0.2) is 0 Å². The lowest BCUT2D eigenvalue weighted by molar-refractivity contribution is 0.0283. The van der Waals surface area contributed by atoms with Gasteiger partial charge in [0.25, 0.3) is 5.91 Å². The van der Waals surface area contributed by atoms with Crippen LogP contribution in [0.25, 0.3) is 0 Å². The molecule has 2 rings (SSSR count). The van der Waals surface area contributed by atoms with Crippen molar-refractivity contribution in [2.45, 2.75) is 32.3 Å². The fourth-order valence-electron chi connectivity index (χ4n) is 2.77. The van der Waals surface area contributed by atoms with Gasteiger partial charge in [0, 0.05) is 31.8 Å². The van der Waals surface area contributed by atoms with Crippen molar-refractivity contribution in [3.8, 4) is 5.75 Å². The number of guanidine groups is 1. The highest BCUT2D eigenvalue weighted by Gasteiger charge is 2.29. The van der Waals surface area contributed by atoms with Crippen molar-refractivity contribution in [1.82, 2.24) is 16.0 Å². The second-order valence-electron chi connectivity index (χ2n) is 6.51. The normalized spacial score (nSPS) is 19.9. The third-order valence-electron chi connectivity index (χ3n) is 4.25. The molecule has 0 radical (unpaired) electrons. The first kappa shape index (κ1) is 20.0. The van der Waals surface area contributed by atoms with Gasteiger partial charge in [0.05, 0.1) is 19.3 Å². The maximum atomic E-state index is 12.2. The van der Waals surface area contributed by atoms with E-state index in [2.05, 4.69) is 27.9 Å². The maximum Gasteiger partial charge on any atom is 0.251 e. The van der Waals surface area contributed by atoms with Crippen LogP contribution in [0.15, 0.2) is 29.3 Å². The Labute approximate surface area is 155 Å². The van der Waals surface area contributed by atoms with Gasteiger partial charge < -0.3 is 25.4 Å². The maximum absolute atomic E-state index is 12.2. The Morgan fingerprint density at radius 2 is 2.12 bits per heavy atom. The van der Waals surface area contributed by atoms with Gasteiger partial charge in [-0.2, -0.15) is 0 Å². The van der Waals surface area contributed by atoms with Crippen molar-refractivity contribution in [1.29, 1.82) is 0 Å². The number of amides is 1. The molecule has 1 aromatic rings. The van der Waals surface area contributed by atoms with E-state index in [1.807, 2.05) is 13.0 Å². The minimum absolute atomic E-state index is 0.125. The van der Waals surface area contributed by atoms with E-state index < -0.39 is 0 Å². The number of methoxy groups -OCH3 is 1. The molecule has 7 nitrogen and oxygen atoms in total. The molecular weight excluding hydrogens is 332 g/mol. The molecule has 7 heteroatoms. The standard InChI is InChI=1S/C19H30N4O3/c1-4-20-18(23-14-19(2)9-6-12-26-19)22-11-10-21-17(24)15-7-5-8-16(13-15)25-3/h5,7-8,13H,4,6,9-12,14H2,1-3H3,(H,21,24)(H2,20,22,23). The number of aliphatic imine (C=N–C) groups is 1. The van der Waals surface area contributed by atoms with Crippen molar-refractivity contribution >= 4 is 11.9 Å². The van der Waals surface area contributed by atoms with Crippen molar-refractivity contribution in [2.24, 2.45) is 4.99 Å². The van der Waals surface area contributed by atoms with E-state index in [-0.39, 0.29) is 11.5 Å². The second-order valence-corrected chi connectivity index (χ2v) is 6.51. The number of nitrogens with zero attached hydrogens (tertiary/aromatic N) is 1. The lowest BCUT2D eigenvalue weighted by Gasteiger charge is -2.21. The minimum atomic E-state index is -0.164. The van der Waals surface area contributed by atoms with Crippen LogP contribution in [0.1, 0.15) is 37.0 Å². The van der Waals surface area contributed by atoms with E-state index in [1.54, 1.807) is 25.3 Å². The number of carbonyl (C=O) groups excluding carboxylic acids is 1. The van der Waals surface area contributed by atoms with Crippen molar-refractivity contribution < 1.29 is 14.3 Å². The summed E-state index contributed by atoms with van der Waals surface area (Å²) in [7, 11) is 1.58. The molecule has 0 spiro atoms. The first-order valence-electron chi connectivity index (χ1n) is 9.15. The number of benzene rings is 1. The van der Waals surface area contributed by atoms with E-state index in [1.165, 1.54) is 0 Å². The van der Waals surface area contributed by atoms with Crippen molar-refractivity contribution in [2.75, 3.05) is 39.9 Å². The third kappa shape index (κ3) is 6.22. The summed E-state index contributed by atoms with van der Waals surface area (Å²) in [6, 6.07) is 7.09. The molecule has 1 aliphatic rings. The molecule has 0 saturated carbocycles. The molecule has 1 aliphatic heterocycles. The summed E-state index contributed by atoms with van der Waals surface area (Å²) in [5, 5.41) is 9.34. The molecule has 0 aliphatic carbocycles. The number of hydrogen-bond acceptors (Lipinski definition) is 4. The number of carbonyl (C=O) groups is 1. The van der Waals surface area contributed by atoms with E-state index in [0.29, 0.717) is 30.9 Å². The Kier molecular flexibility index (Phi) is 7.72. The van der Waals surface area contributed by atoms with Crippen molar-refractivity contribution in [3.05, 3.63) is 29.8 Å². The van der Waals surface area contributed by atoms with Gasteiger partial charge in [-0.15, -0.1) is 0 Å². The molecule has 3 N–H and O–H groups in total. The Balaban J connectivity index is 1.77. The van der Waals surface area contributed by atoms with Gasteiger partial charge >= 0.3 is 0 Å². The topological polar surface area (TPSA) is 84.0 Å². The van der Waals surface area contributed by atoms with Crippen LogP contribution in [-0.2, 0) is 4.74 Å². The van der Waals surface area contributed by atoms with Gasteiger partial charge in [-0.05, 0) is 44.9 Å². The summed E-state index contributed by atoms with van der Waals surface area (Å²) in [4.78, 5) is 16.8. The largest absolute Gasteiger partial charge is 0.497 e. The van der Waals surface area contributed by atoms with Gasteiger partial charge in [0.1, 0.15) is 5.75 Å². The fraction of sp³-hybridized carbons (Fsp3) is 0.579. The molecule has 1 amide bonds. The van der Waals surface area contributed by atoms with Gasteiger partial charge in [-0.3, -0.25) is 9.79 Å². The lowest BCUT2D eigenvalue weighted by Crippen LogP contribution is -2.42. The Morgan fingerprint density at radius 1 is 1.31 bits per heavy atom. The number of rotatable bonds is 8. The average Bonchev–Trinajstić information content (AvgIpc) is 3.09. The Morgan fingerprint density at radius 3 is 2.81 bits per heavy atom. The first-order valence-corrected chi connectivity index (χ1v) is 9.15. The van der Waals surface area contributed by atoms with Gasteiger partial charge in [-0.1, -0.05) is 6.07 Å². The predicted molar refractivity (Wildman–Crippen MR) is 103 cm³/mol. The minimum Gasteiger partial charge on any atom is -0.497 e. The van der Waals surface area contributed by atoms with Gasteiger partial charge in [0.15, 0.2) is 5.96 Å². The Hall–Kier alpha value is -2.28. The summed E-state index contributed by atoms with van der Waals surface area (Å²) in [6.45, 7) is 7.41.